The number of hydrazone groups is 1. The third-order valence-corrected chi connectivity index (χ3v) is 3.94. The van der Waals surface area contributed by atoms with Gasteiger partial charge < -0.3 is 24.3 Å². The normalized spacial score (nSPS) is 11.6. The van der Waals surface area contributed by atoms with E-state index in [1.165, 1.54) is 27.5 Å². The van der Waals surface area contributed by atoms with Crippen LogP contribution in [0.15, 0.2) is 41.5 Å². The zero-order valence-corrected chi connectivity index (χ0v) is 16.6. The molecule has 0 heterocycles. The molecule has 1 atom stereocenters. The Labute approximate surface area is 164 Å². The lowest BCUT2D eigenvalue weighted by atomic mass is 10.2. The van der Waals surface area contributed by atoms with Crippen molar-refractivity contribution in [2.24, 2.45) is 5.10 Å². The minimum absolute atomic E-state index is 0.278. The van der Waals surface area contributed by atoms with Gasteiger partial charge in [0, 0.05) is 11.3 Å². The van der Waals surface area contributed by atoms with Crippen LogP contribution in [0.2, 0.25) is 0 Å². The summed E-state index contributed by atoms with van der Waals surface area (Å²) in [5.74, 6) is 1.97. The zero-order chi connectivity index (χ0) is 20.5. The van der Waals surface area contributed by atoms with Gasteiger partial charge in [-0.1, -0.05) is 0 Å². The summed E-state index contributed by atoms with van der Waals surface area (Å²) in [4.78, 5) is 12.2. The van der Waals surface area contributed by atoms with Gasteiger partial charge in [-0.05, 0) is 43.3 Å². The molecule has 0 aliphatic heterocycles. The second kappa shape index (κ2) is 10.1. The van der Waals surface area contributed by atoms with Gasteiger partial charge in [-0.2, -0.15) is 5.10 Å². The Morgan fingerprint density at radius 1 is 0.964 bits per heavy atom. The van der Waals surface area contributed by atoms with Crippen molar-refractivity contribution in [3.05, 3.63) is 42.0 Å². The first kappa shape index (κ1) is 20.9. The Kier molecular flexibility index (Phi) is 7.50. The molecule has 2 aromatic carbocycles. The molecule has 2 N–H and O–H groups in total. The average Bonchev–Trinajstić information content (AvgIpc) is 2.73. The molecule has 0 aliphatic carbocycles. The highest BCUT2D eigenvalue weighted by atomic mass is 16.5. The Hall–Kier alpha value is -3.42. The lowest BCUT2D eigenvalue weighted by Crippen LogP contribution is -2.34. The van der Waals surface area contributed by atoms with E-state index >= 15 is 0 Å². The van der Waals surface area contributed by atoms with E-state index in [0.29, 0.717) is 22.8 Å². The molecule has 0 radical (unpaired) electrons. The SMILES string of the molecule is COc1ccc(NC(C)C(=O)N/N=C\c2cc(OC)c(OC)c(OC)c2)cc1. The van der Waals surface area contributed by atoms with E-state index in [1.54, 1.807) is 26.2 Å². The average molecular weight is 387 g/mol. The lowest BCUT2D eigenvalue weighted by Gasteiger charge is -2.14. The van der Waals surface area contributed by atoms with Crippen LogP contribution in [0.4, 0.5) is 5.69 Å². The molecular formula is C20H25N3O5. The molecule has 1 amide bonds. The summed E-state index contributed by atoms with van der Waals surface area (Å²) in [5, 5.41) is 7.10. The van der Waals surface area contributed by atoms with E-state index in [0.717, 1.165) is 11.4 Å². The summed E-state index contributed by atoms with van der Waals surface area (Å²) in [6, 6.07) is 10.3. The van der Waals surface area contributed by atoms with Crippen LogP contribution in [-0.4, -0.2) is 46.6 Å². The molecule has 0 saturated heterocycles. The predicted octanol–water partition coefficient (Wildman–Crippen LogP) is 2.67. The summed E-state index contributed by atoms with van der Waals surface area (Å²) >= 11 is 0. The van der Waals surface area contributed by atoms with Gasteiger partial charge in [0.05, 0.1) is 34.7 Å². The van der Waals surface area contributed by atoms with Crippen molar-refractivity contribution in [3.63, 3.8) is 0 Å². The molecule has 150 valence electrons. The molecule has 0 spiro atoms. The fourth-order valence-corrected chi connectivity index (χ4v) is 2.45. The van der Waals surface area contributed by atoms with Gasteiger partial charge in [0.25, 0.3) is 5.91 Å². The first-order chi connectivity index (χ1) is 13.5. The first-order valence-corrected chi connectivity index (χ1v) is 8.55. The molecule has 0 saturated carbocycles. The van der Waals surface area contributed by atoms with Gasteiger partial charge in [-0.3, -0.25) is 4.79 Å². The highest BCUT2D eigenvalue weighted by Gasteiger charge is 2.13. The number of carbonyl (C=O) groups is 1. The quantitative estimate of drug-likeness (QED) is 0.508. The molecule has 2 rings (SSSR count). The molecule has 0 bridgehead atoms. The van der Waals surface area contributed by atoms with Gasteiger partial charge in [-0.15, -0.1) is 0 Å². The number of rotatable bonds is 9. The molecule has 8 heteroatoms. The summed E-state index contributed by atoms with van der Waals surface area (Å²) in [6.45, 7) is 1.74. The molecule has 0 fully saturated rings. The Morgan fingerprint density at radius 2 is 1.57 bits per heavy atom. The van der Waals surface area contributed by atoms with Crippen LogP contribution in [0.1, 0.15) is 12.5 Å². The Balaban J connectivity index is 2.00. The van der Waals surface area contributed by atoms with E-state index in [2.05, 4.69) is 15.8 Å². The third kappa shape index (κ3) is 5.29. The molecule has 28 heavy (non-hydrogen) atoms. The lowest BCUT2D eigenvalue weighted by molar-refractivity contribution is -0.121. The van der Waals surface area contributed by atoms with Crippen molar-refractivity contribution < 1.29 is 23.7 Å². The maximum atomic E-state index is 12.2. The number of ether oxygens (including phenoxy) is 4. The van der Waals surface area contributed by atoms with Crippen LogP contribution in [0, 0.1) is 0 Å². The van der Waals surface area contributed by atoms with Crippen LogP contribution in [-0.2, 0) is 4.79 Å². The van der Waals surface area contributed by atoms with Gasteiger partial charge in [0.1, 0.15) is 11.8 Å². The minimum atomic E-state index is -0.481. The molecular weight excluding hydrogens is 362 g/mol. The zero-order valence-electron chi connectivity index (χ0n) is 16.6. The van der Waals surface area contributed by atoms with E-state index in [4.69, 9.17) is 18.9 Å². The van der Waals surface area contributed by atoms with Crippen molar-refractivity contribution >= 4 is 17.8 Å². The number of amides is 1. The maximum Gasteiger partial charge on any atom is 0.262 e. The largest absolute Gasteiger partial charge is 0.497 e. The Morgan fingerprint density at radius 3 is 2.07 bits per heavy atom. The highest BCUT2D eigenvalue weighted by molar-refractivity contribution is 5.87. The summed E-state index contributed by atoms with van der Waals surface area (Å²) in [7, 11) is 6.20. The van der Waals surface area contributed by atoms with Crippen molar-refractivity contribution in [2.75, 3.05) is 33.8 Å². The second-order valence-electron chi connectivity index (χ2n) is 5.79. The Bertz CT molecular complexity index is 796. The maximum absolute atomic E-state index is 12.2. The molecule has 1 unspecified atom stereocenters. The van der Waals surface area contributed by atoms with Crippen molar-refractivity contribution in [3.8, 4) is 23.0 Å². The number of carbonyl (C=O) groups excluding carboxylic acids is 1. The molecule has 8 nitrogen and oxygen atoms in total. The fourth-order valence-electron chi connectivity index (χ4n) is 2.45. The van der Waals surface area contributed by atoms with Crippen molar-refractivity contribution in [1.29, 1.82) is 0 Å². The van der Waals surface area contributed by atoms with Gasteiger partial charge >= 0.3 is 0 Å². The van der Waals surface area contributed by atoms with Gasteiger partial charge in [0.2, 0.25) is 5.75 Å². The van der Waals surface area contributed by atoms with Crippen LogP contribution in [0.3, 0.4) is 0 Å². The standard InChI is InChI=1S/C20H25N3O5/c1-13(22-15-6-8-16(25-2)9-7-15)20(24)23-21-12-14-10-17(26-3)19(28-5)18(11-14)27-4/h6-13,22H,1-5H3,(H,23,24)/b21-12-. The third-order valence-electron chi connectivity index (χ3n) is 3.94. The van der Waals surface area contributed by atoms with E-state index < -0.39 is 6.04 Å². The van der Waals surface area contributed by atoms with Crippen LogP contribution < -0.4 is 29.7 Å². The molecule has 0 aliphatic rings. The summed E-state index contributed by atoms with van der Waals surface area (Å²) in [6.07, 6.45) is 1.50. The number of methoxy groups -OCH3 is 4. The number of anilines is 1. The number of nitrogens with one attached hydrogen (secondary N) is 2. The first-order valence-electron chi connectivity index (χ1n) is 8.55. The van der Waals surface area contributed by atoms with E-state index in [1.807, 2.05) is 24.3 Å². The van der Waals surface area contributed by atoms with E-state index in [9.17, 15) is 4.79 Å². The minimum Gasteiger partial charge on any atom is -0.497 e. The topological polar surface area (TPSA) is 90.4 Å². The van der Waals surface area contributed by atoms with Gasteiger partial charge in [0.15, 0.2) is 11.5 Å². The summed E-state index contributed by atoms with van der Waals surface area (Å²) in [5.41, 5.74) is 4.00. The van der Waals surface area contributed by atoms with Crippen molar-refractivity contribution in [1.82, 2.24) is 5.43 Å². The monoisotopic (exact) mass is 387 g/mol. The fraction of sp³-hybridized carbons (Fsp3) is 0.300. The number of hydrogen-bond acceptors (Lipinski definition) is 7. The van der Waals surface area contributed by atoms with Crippen LogP contribution in [0.25, 0.3) is 0 Å². The number of nitrogens with zero attached hydrogens (tertiary/aromatic N) is 1. The molecule has 2 aromatic rings. The van der Waals surface area contributed by atoms with E-state index in [-0.39, 0.29) is 5.91 Å². The van der Waals surface area contributed by atoms with Crippen LogP contribution >= 0.6 is 0 Å². The summed E-state index contributed by atoms with van der Waals surface area (Å²) < 4.78 is 21.0. The number of benzene rings is 2. The van der Waals surface area contributed by atoms with Gasteiger partial charge in [-0.25, -0.2) is 5.43 Å². The number of hydrogen-bond donors (Lipinski definition) is 2. The van der Waals surface area contributed by atoms with Crippen LogP contribution in [0.5, 0.6) is 23.0 Å². The molecule has 0 aromatic heterocycles. The predicted molar refractivity (Wildman–Crippen MR) is 108 cm³/mol. The smallest absolute Gasteiger partial charge is 0.262 e. The van der Waals surface area contributed by atoms with Crippen molar-refractivity contribution in [2.45, 2.75) is 13.0 Å². The highest BCUT2D eigenvalue weighted by Crippen LogP contribution is 2.37. The second-order valence-corrected chi connectivity index (χ2v) is 5.79.